The summed E-state index contributed by atoms with van der Waals surface area (Å²) < 4.78 is 24.3. The summed E-state index contributed by atoms with van der Waals surface area (Å²) >= 11 is 5.97. The zero-order chi connectivity index (χ0) is 16.2. The quantitative estimate of drug-likeness (QED) is 0.892. The lowest BCUT2D eigenvalue weighted by Gasteiger charge is -2.37. The van der Waals surface area contributed by atoms with Crippen LogP contribution in [0, 0.1) is 11.7 Å². The fourth-order valence-corrected chi connectivity index (χ4v) is 3.82. The molecule has 0 aromatic heterocycles. The molecule has 2 saturated heterocycles. The Morgan fingerprint density at radius 3 is 3.04 bits per heavy atom. The van der Waals surface area contributed by atoms with Gasteiger partial charge in [-0.1, -0.05) is 11.6 Å². The fourth-order valence-electron chi connectivity index (χ4n) is 3.60. The van der Waals surface area contributed by atoms with Crippen LogP contribution in [0.25, 0.3) is 0 Å². The highest BCUT2D eigenvalue weighted by molar-refractivity contribution is 6.32. The molecule has 0 aliphatic carbocycles. The van der Waals surface area contributed by atoms with Crippen molar-refractivity contribution >= 4 is 11.6 Å². The number of aliphatic hydroxyl groups excluding tert-OH is 1. The third-order valence-corrected chi connectivity index (χ3v) is 5.10. The van der Waals surface area contributed by atoms with Crippen LogP contribution in [0.2, 0.25) is 5.02 Å². The van der Waals surface area contributed by atoms with E-state index in [0.29, 0.717) is 36.6 Å². The summed E-state index contributed by atoms with van der Waals surface area (Å²) in [6.07, 6.45) is 2.66. The largest absolute Gasteiger partial charge is 0.491 e. The molecule has 1 aromatic rings. The number of benzene rings is 1. The third kappa shape index (κ3) is 4.15. The minimum Gasteiger partial charge on any atom is -0.491 e. The molecule has 0 unspecified atom stereocenters. The van der Waals surface area contributed by atoms with Gasteiger partial charge in [0.2, 0.25) is 0 Å². The predicted molar refractivity (Wildman–Crippen MR) is 86.4 cm³/mol. The van der Waals surface area contributed by atoms with Gasteiger partial charge in [0.25, 0.3) is 0 Å². The van der Waals surface area contributed by atoms with Crippen LogP contribution in [-0.2, 0) is 4.74 Å². The lowest BCUT2D eigenvalue weighted by molar-refractivity contribution is -0.0634. The minimum atomic E-state index is -0.367. The maximum Gasteiger partial charge on any atom is 0.138 e. The lowest BCUT2D eigenvalue weighted by atomic mass is 9.89. The van der Waals surface area contributed by atoms with E-state index in [-0.39, 0.29) is 17.8 Å². The first kappa shape index (κ1) is 17.0. The molecule has 0 spiro atoms. The lowest BCUT2D eigenvalue weighted by Crippen LogP contribution is -2.47. The van der Waals surface area contributed by atoms with Crippen molar-refractivity contribution in [3.8, 4) is 5.75 Å². The summed E-state index contributed by atoms with van der Waals surface area (Å²) in [5.74, 6) is 0.318. The van der Waals surface area contributed by atoms with Gasteiger partial charge in [0.15, 0.2) is 0 Å². The van der Waals surface area contributed by atoms with E-state index in [9.17, 15) is 9.50 Å². The van der Waals surface area contributed by atoms with E-state index in [1.54, 1.807) is 6.07 Å². The Hall–Kier alpha value is -0.880. The summed E-state index contributed by atoms with van der Waals surface area (Å²) in [6, 6.07) is 4.50. The molecule has 3 atom stereocenters. The van der Waals surface area contributed by atoms with Crippen molar-refractivity contribution in [3.05, 3.63) is 29.0 Å². The molecule has 2 fully saturated rings. The van der Waals surface area contributed by atoms with Crippen LogP contribution >= 0.6 is 11.6 Å². The molecule has 2 aliphatic heterocycles. The van der Waals surface area contributed by atoms with Crippen molar-refractivity contribution in [2.45, 2.75) is 31.4 Å². The van der Waals surface area contributed by atoms with E-state index in [2.05, 4.69) is 4.90 Å². The van der Waals surface area contributed by atoms with Gasteiger partial charge in [-0.25, -0.2) is 4.39 Å². The number of hydrogen-bond donors (Lipinski definition) is 1. The van der Waals surface area contributed by atoms with Crippen molar-refractivity contribution in [2.75, 3.05) is 32.9 Å². The van der Waals surface area contributed by atoms with Gasteiger partial charge in [0, 0.05) is 25.1 Å². The van der Waals surface area contributed by atoms with E-state index >= 15 is 0 Å². The van der Waals surface area contributed by atoms with Crippen LogP contribution < -0.4 is 4.74 Å². The summed E-state index contributed by atoms with van der Waals surface area (Å²) in [5.41, 5.74) is 0. The molecule has 2 aliphatic rings. The Kier molecular flexibility index (Phi) is 5.75. The van der Waals surface area contributed by atoms with Gasteiger partial charge < -0.3 is 14.6 Å². The zero-order valence-corrected chi connectivity index (χ0v) is 13.8. The van der Waals surface area contributed by atoms with Crippen LogP contribution in [0.5, 0.6) is 5.75 Å². The number of ether oxygens (including phenoxy) is 2. The van der Waals surface area contributed by atoms with Crippen molar-refractivity contribution < 1.29 is 19.0 Å². The maximum atomic E-state index is 13.0. The third-order valence-electron chi connectivity index (χ3n) is 4.80. The Morgan fingerprint density at radius 1 is 1.39 bits per heavy atom. The predicted octanol–water partition coefficient (Wildman–Crippen LogP) is 2.72. The normalized spacial score (nSPS) is 28.9. The topological polar surface area (TPSA) is 41.9 Å². The van der Waals surface area contributed by atoms with Crippen LogP contribution in [-0.4, -0.2) is 55.1 Å². The first-order valence-corrected chi connectivity index (χ1v) is 8.60. The second kappa shape index (κ2) is 7.79. The standard InChI is InChI=1S/C17H23ClFNO3/c18-14-10-12(19)3-4-17(14)23-9-7-20-6-1-2-15(20)13-11-22-8-5-16(13)21/h3-4,10,13,15-16,21H,1-2,5-9,11H2/t13-,15-,16+/m0/s1. The minimum absolute atomic E-state index is 0.181. The van der Waals surface area contributed by atoms with Gasteiger partial charge in [-0.05, 0) is 44.0 Å². The molecular weight excluding hydrogens is 321 g/mol. The highest BCUT2D eigenvalue weighted by Crippen LogP contribution is 2.30. The van der Waals surface area contributed by atoms with Gasteiger partial charge in [0.05, 0.1) is 17.7 Å². The summed E-state index contributed by atoms with van der Waals surface area (Å²) in [7, 11) is 0. The number of hydrogen-bond acceptors (Lipinski definition) is 4. The molecule has 0 saturated carbocycles. The molecule has 1 N–H and O–H groups in total. The van der Waals surface area contributed by atoms with E-state index in [0.717, 1.165) is 32.4 Å². The molecule has 4 nitrogen and oxygen atoms in total. The average Bonchev–Trinajstić information content (AvgIpc) is 2.98. The number of likely N-dealkylation sites (tertiary alicyclic amines) is 1. The van der Waals surface area contributed by atoms with E-state index in [1.165, 1.54) is 12.1 Å². The molecule has 2 heterocycles. The SMILES string of the molecule is O[C@@H]1CCOC[C@H]1[C@@H]1CCCN1CCOc1ccc(F)cc1Cl. The van der Waals surface area contributed by atoms with E-state index < -0.39 is 0 Å². The van der Waals surface area contributed by atoms with Gasteiger partial charge in [-0.15, -0.1) is 0 Å². The Morgan fingerprint density at radius 2 is 2.26 bits per heavy atom. The number of nitrogens with zero attached hydrogens (tertiary/aromatic N) is 1. The van der Waals surface area contributed by atoms with Crippen LogP contribution in [0.15, 0.2) is 18.2 Å². The van der Waals surface area contributed by atoms with Gasteiger partial charge in [0.1, 0.15) is 18.2 Å². The Labute approximate surface area is 141 Å². The molecule has 3 rings (SSSR count). The first-order valence-electron chi connectivity index (χ1n) is 8.23. The molecule has 128 valence electrons. The average molecular weight is 344 g/mol. The summed E-state index contributed by atoms with van der Waals surface area (Å²) in [4.78, 5) is 2.36. The highest BCUT2D eigenvalue weighted by Gasteiger charge is 2.37. The fraction of sp³-hybridized carbons (Fsp3) is 0.647. The van der Waals surface area contributed by atoms with Crippen LogP contribution in [0.3, 0.4) is 0 Å². The monoisotopic (exact) mass is 343 g/mol. The van der Waals surface area contributed by atoms with E-state index in [4.69, 9.17) is 21.1 Å². The Balaban J connectivity index is 1.52. The van der Waals surface area contributed by atoms with Gasteiger partial charge in [-0.2, -0.15) is 0 Å². The van der Waals surface area contributed by atoms with Gasteiger partial charge in [-0.3, -0.25) is 4.90 Å². The number of halogens is 2. The van der Waals surface area contributed by atoms with Crippen LogP contribution in [0.4, 0.5) is 4.39 Å². The molecule has 0 amide bonds. The molecule has 1 aromatic carbocycles. The molecular formula is C17H23ClFNO3. The van der Waals surface area contributed by atoms with Gasteiger partial charge >= 0.3 is 0 Å². The maximum absolute atomic E-state index is 13.0. The van der Waals surface area contributed by atoms with Crippen molar-refractivity contribution in [3.63, 3.8) is 0 Å². The van der Waals surface area contributed by atoms with Crippen molar-refractivity contribution in [1.82, 2.24) is 4.90 Å². The van der Waals surface area contributed by atoms with Crippen LogP contribution in [0.1, 0.15) is 19.3 Å². The van der Waals surface area contributed by atoms with Crippen molar-refractivity contribution in [1.29, 1.82) is 0 Å². The first-order chi connectivity index (χ1) is 11.1. The Bertz CT molecular complexity index is 531. The highest BCUT2D eigenvalue weighted by atomic mass is 35.5. The molecule has 23 heavy (non-hydrogen) atoms. The molecule has 0 radical (unpaired) electrons. The van der Waals surface area contributed by atoms with E-state index in [1.807, 2.05) is 0 Å². The smallest absolute Gasteiger partial charge is 0.138 e. The van der Waals surface area contributed by atoms with Crippen molar-refractivity contribution in [2.24, 2.45) is 5.92 Å². The summed E-state index contributed by atoms with van der Waals surface area (Å²) in [5, 5.41) is 10.5. The summed E-state index contributed by atoms with van der Waals surface area (Å²) in [6.45, 7) is 3.55. The molecule has 0 bridgehead atoms. The number of rotatable bonds is 5. The second-order valence-electron chi connectivity index (χ2n) is 6.26. The molecule has 6 heteroatoms. The second-order valence-corrected chi connectivity index (χ2v) is 6.67. The zero-order valence-electron chi connectivity index (χ0n) is 13.1. The number of aliphatic hydroxyl groups is 1.